The Morgan fingerprint density at radius 2 is 2.31 bits per heavy atom. The Bertz CT molecular complexity index is 411. The normalized spacial score (nSPS) is 14.8. The van der Waals surface area contributed by atoms with Gasteiger partial charge in [0.2, 0.25) is 5.91 Å². The molecule has 1 aromatic heterocycles. The number of carbonyl (C=O) groups excluding carboxylic acids is 1. The summed E-state index contributed by atoms with van der Waals surface area (Å²) in [6.45, 7) is 0.701. The minimum Gasteiger partial charge on any atom is -0.476 e. The summed E-state index contributed by atoms with van der Waals surface area (Å²) < 4.78 is 1.21. The van der Waals surface area contributed by atoms with E-state index in [9.17, 15) is 9.59 Å². The molecule has 0 saturated heterocycles. The van der Waals surface area contributed by atoms with Crippen LogP contribution >= 0.6 is 0 Å². The molecule has 1 aliphatic rings. The molecule has 0 unspecified atom stereocenters. The van der Waals surface area contributed by atoms with E-state index in [1.54, 1.807) is 0 Å². The number of amides is 1. The van der Waals surface area contributed by atoms with Crippen molar-refractivity contribution in [2.24, 2.45) is 5.92 Å². The topological polar surface area (TPSA) is 97.1 Å². The monoisotopic (exact) mass is 224 g/mol. The summed E-state index contributed by atoms with van der Waals surface area (Å²) >= 11 is 0. The van der Waals surface area contributed by atoms with E-state index in [0.717, 1.165) is 0 Å². The van der Waals surface area contributed by atoms with E-state index in [4.69, 9.17) is 5.11 Å². The summed E-state index contributed by atoms with van der Waals surface area (Å²) in [5.41, 5.74) is -0.157. The maximum absolute atomic E-state index is 11.4. The van der Waals surface area contributed by atoms with Gasteiger partial charge in [-0.3, -0.25) is 4.79 Å². The third kappa shape index (κ3) is 2.78. The van der Waals surface area contributed by atoms with E-state index in [1.165, 1.54) is 23.7 Å². The lowest BCUT2D eigenvalue weighted by molar-refractivity contribution is -0.121. The van der Waals surface area contributed by atoms with Crippen molar-refractivity contribution in [1.82, 2.24) is 20.3 Å². The molecule has 2 rings (SSSR count). The van der Waals surface area contributed by atoms with Crippen molar-refractivity contribution in [1.29, 1.82) is 0 Å². The zero-order valence-electron chi connectivity index (χ0n) is 8.59. The van der Waals surface area contributed by atoms with Crippen molar-refractivity contribution in [3.05, 3.63) is 11.9 Å². The van der Waals surface area contributed by atoms with E-state index in [-0.39, 0.29) is 18.1 Å². The molecule has 1 fully saturated rings. The lowest BCUT2D eigenvalue weighted by atomic mass is 10.4. The van der Waals surface area contributed by atoms with E-state index in [0.29, 0.717) is 12.5 Å². The Labute approximate surface area is 91.4 Å². The van der Waals surface area contributed by atoms with Gasteiger partial charge in [0, 0.05) is 6.54 Å². The lowest BCUT2D eigenvalue weighted by Crippen LogP contribution is -2.29. The molecule has 0 spiro atoms. The summed E-state index contributed by atoms with van der Waals surface area (Å²) in [4.78, 5) is 21.9. The summed E-state index contributed by atoms with van der Waals surface area (Å²) in [5, 5.41) is 18.3. The Morgan fingerprint density at radius 3 is 2.88 bits per heavy atom. The number of nitrogens with one attached hydrogen (secondary N) is 1. The molecule has 1 heterocycles. The molecule has 0 atom stereocenters. The third-order valence-corrected chi connectivity index (χ3v) is 2.35. The van der Waals surface area contributed by atoms with Gasteiger partial charge in [0.05, 0.1) is 6.20 Å². The summed E-state index contributed by atoms with van der Waals surface area (Å²) in [6.07, 6.45) is 3.58. The molecule has 1 saturated carbocycles. The van der Waals surface area contributed by atoms with Gasteiger partial charge in [0.15, 0.2) is 5.69 Å². The van der Waals surface area contributed by atoms with Crippen LogP contribution in [0.25, 0.3) is 0 Å². The first-order valence-electron chi connectivity index (χ1n) is 5.05. The van der Waals surface area contributed by atoms with Crippen molar-refractivity contribution < 1.29 is 14.7 Å². The zero-order chi connectivity index (χ0) is 11.5. The Hall–Kier alpha value is -1.92. The first-order valence-corrected chi connectivity index (χ1v) is 5.05. The van der Waals surface area contributed by atoms with Crippen molar-refractivity contribution in [2.75, 3.05) is 6.54 Å². The lowest BCUT2D eigenvalue weighted by Gasteiger charge is -2.02. The van der Waals surface area contributed by atoms with E-state index < -0.39 is 5.97 Å². The van der Waals surface area contributed by atoms with Crippen LogP contribution in [0.2, 0.25) is 0 Å². The Kier molecular flexibility index (Phi) is 2.84. The van der Waals surface area contributed by atoms with Crippen LogP contribution in [0.4, 0.5) is 0 Å². The second-order valence-corrected chi connectivity index (χ2v) is 3.85. The van der Waals surface area contributed by atoms with Gasteiger partial charge >= 0.3 is 5.97 Å². The van der Waals surface area contributed by atoms with Gasteiger partial charge in [-0.2, -0.15) is 0 Å². The molecule has 0 bridgehead atoms. The molecular weight excluding hydrogens is 212 g/mol. The highest BCUT2D eigenvalue weighted by atomic mass is 16.4. The van der Waals surface area contributed by atoms with Crippen LogP contribution in [-0.2, 0) is 11.3 Å². The maximum atomic E-state index is 11.4. The number of hydrogen-bond acceptors (Lipinski definition) is 4. The van der Waals surface area contributed by atoms with Gasteiger partial charge < -0.3 is 10.4 Å². The Morgan fingerprint density at radius 1 is 1.56 bits per heavy atom. The number of aromatic nitrogens is 3. The second kappa shape index (κ2) is 4.30. The SMILES string of the molecule is O=C(Cn1cc(C(=O)O)nn1)NCC1CC1. The number of rotatable bonds is 5. The van der Waals surface area contributed by atoms with Crippen LogP contribution in [0.1, 0.15) is 23.3 Å². The number of aromatic carboxylic acids is 1. The van der Waals surface area contributed by atoms with E-state index in [2.05, 4.69) is 15.6 Å². The predicted molar refractivity (Wildman–Crippen MR) is 52.7 cm³/mol. The molecule has 1 amide bonds. The van der Waals surface area contributed by atoms with E-state index in [1.807, 2.05) is 0 Å². The molecule has 1 aliphatic carbocycles. The largest absolute Gasteiger partial charge is 0.476 e. The molecule has 86 valence electrons. The fourth-order valence-corrected chi connectivity index (χ4v) is 1.26. The first-order chi connectivity index (χ1) is 7.65. The standard InChI is InChI=1S/C9H12N4O3/c14-8(10-3-6-1-2-6)5-13-4-7(9(15)16)11-12-13/h4,6H,1-3,5H2,(H,10,14)(H,15,16). The zero-order valence-corrected chi connectivity index (χ0v) is 8.59. The molecule has 0 aliphatic heterocycles. The smallest absolute Gasteiger partial charge is 0.358 e. The molecule has 1 aromatic rings. The van der Waals surface area contributed by atoms with Gasteiger partial charge in [-0.1, -0.05) is 5.21 Å². The number of carboxylic acid groups (broad SMARTS) is 1. The van der Waals surface area contributed by atoms with Gasteiger partial charge in [-0.05, 0) is 18.8 Å². The molecule has 0 aromatic carbocycles. The van der Waals surface area contributed by atoms with Gasteiger partial charge in [-0.25, -0.2) is 9.48 Å². The van der Waals surface area contributed by atoms with Crippen LogP contribution in [0, 0.1) is 5.92 Å². The van der Waals surface area contributed by atoms with Gasteiger partial charge in [-0.15, -0.1) is 5.10 Å². The summed E-state index contributed by atoms with van der Waals surface area (Å²) in [6, 6.07) is 0. The molecular formula is C9H12N4O3. The molecule has 7 nitrogen and oxygen atoms in total. The molecule has 0 radical (unpaired) electrons. The number of carboxylic acids is 1. The van der Waals surface area contributed by atoms with Crippen LogP contribution in [0.3, 0.4) is 0 Å². The fourth-order valence-electron chi connectivity index (χ4n) is 1.26. The van der Waals surface area contributed by atoms with E-state index >= 15 is 0 Å². The van der Waals surface area contributed by atoms with Gasteiger partial charge in [0.1, 0.15) is 6.54 Å². The van der Waals surface area contributed by atoms with Gasteiger partial charge in [0.25, 0.3) is 0 Å². The fraction of sp³-hybridized carbons (Fsp3) is 0.556. The second-order valence-electron chi connectivity index (χ2n) is 3.85. The minimum absolute atomic E-state index is 0.00694. The minimum atomic E-state index is -1.15. The number of nitrogens with zero attached hydrogens (tertiary/aromatic N) is 3. The van der Waals surface area contributed by atoms with Crippen molar-refractivity contribution in [3.63, 3.8) is 0 Å². The third-order valence-electron chi connectivity index (χ3n) is 2.35. The average molecular weight is 224 g/mol. The highest BCUT2D eigenvalue weighted by Gasteiger charge is 2.21. The molecule has 2 N–H and O–H groups in total. The Balaban J connectivity index is 1.82. The van der Waals surface area contributed by atoms with Crippen LogP contribution in [0.15, 0.2) is 6.20 Å². The van der Waals surface area contributed by atoms with Crippen molar-refractivity contribution >= 4 is 11.9 Å². The quantitative estimate of drug-likeness (QED) is 0.702. The predicted octanol–water partition coefficient (Wildman–Crippen LogP) is -0.497. The van der Waals surface area contributed by atoms with Crippen LogP contribution in [0.5, 0.6) is 0 Å². The molecule has 7 heteroatoms. The van der Waals surface area contributed by atoms with Crippen molar-refractivity contribution in [3.8, 4) is 0 Å². The summed E-state index contributed by atoms with van der Waals surface area (Å²) in [7, 11) is 0. The maximum Gasteiger partial charge on any atom is 0.358 e. The summed E-state index contributed by atoms with van der Waals surface area (Å²) in [5.74, 6) is -0.701. The van der Waals surface area contributed by atoms with Crippen LogP contribution in [-0.4, -0.2) is 38.5 Å². The highest BCUT2D eigenvalue weighted by molar-refractivity contribution is 5.84. The number of carbonyl (C=O) groups is 2. The first kappa shape index (κ1) is 10.6. The average Bonchev–Trinajstić information content (AvgIpc) is 2.95. The number of hydrogen-bond donors (Lipinski definition) is 2. The van der Waals surface area contributed by atoms with Crippen molar-refractivity contribution in [2.45, 2.75) is 19.4 Å². The van der Waals surface area contributed by atoms with Crippen LogP contribution < -0.4 is 5.32 Å². The highest BCUT2D eigenvalue weighted by Crippen LogP contribution is 2.27. The molecule has 16 heavy (non-hydrogen) atoms.